The van der Waals surface area contributed by atoms with E-state index < -0.39 is 235 Å². The summed E-state index contributed by atoms with van der Waals surface area (Å²) in [4.78, 5) is 240. The van der Waals surface area contributed by atoms with Gasteiger partial charge in [-0.15, -0.1) is 0 Å². The molecule has 23 N–H and O–H groups in total. The molecule has 3 aromatic rings. The summed E-state index contributed by atoms with van der Waals surface area (Å²) in [6.07, 6.45) is 0.276. The number of H-pyrrole nitrogens is 1. The predicted molar refractivity (Wildman–Crippen MR) is 438 cm³/mol. The number of aromatic nitrogens is 1. The van der Waals surface area contributed by atoms with Crippen LogP contribution in [0.4, 0.5) is 0 Å². The Hall–Kier alpha value is -10.8. The number of aliphatic imine (C=N–C) groups is 1. The Bertz CT molecular complexity index is 4060. The number of aliphatic hydroxyl groups excluding tert-OH is 1. The summed E-state index contributed by atoms with van der Waals surface area (Å²) in [5.41, 5.74) is 19.7. The van der Waals surface area contributed by atoms with Crippen molar-refractivity contribution < 1.29 is 102 Å². The van der Waals surface area contributed by atoms with Crippen LogP contribution in [0.5, 0.6) is 0 Å². The molecule has 0 bridgehead atoms. The number of thioether (sulfide) groups is 1. The molecule has 5 rings (SSSR count). The number of fused-ring (bicyclic) bond motifs is 1. The smallest absolute Gasteiger partial charge is 0.325 e. The molecular weight excluding hydrogens is 1600 g/mol. The van der Waals surface area contributed by atoms with Crippen LogP contribution in [-0.4, -0.2) is 282 Å². The first kappa shape index (κ1) is 97.8. The average molecular weight is 1710 g/mol. The third-order valence-electron chi connectivity index (χ3n) is 19.3. The highest BCUT2D eigenvalue weighted by atomic mass is 32.2. The maximum Gasteiger partial charge on any atom is 0.325 e. The van der Waals surface area contributed by atoms with Crippen molar-refractivity contribution in [1.82, 2.24) is 78.6 Å². The van der Waals surface area contributed by atoms with Crippen molar-refractivity contribution in [3.05, 3.63) is 71.9 Å². The van der Waals surface area contributed by atoms with E-state index in [0.29, 0.717) is 17.7 Å². The Kier molecular flexibility index (Phi) is 40.4. The molecule has 2 aromatic carbocycles. The number of aliphatic hydroxyl groups is 1. The van der Waals surface area contributed by atoms with Gasteiger partial charge in [0, 0.05) is 67.5 Å². The number of hydrogen-bond donors (Lipinski definition) is 22. The lowest BCUT2D eigenvalue weighted by Crippen LogP contribution is -2.62. The monoisotopic (exact) mass is 1710 g/mol. The number of nitrogens with zero attached hydrogens (tertiary/aromatic N) is 3. The maximum atomic E-state index is 14.5. The number of nitrogens with two attached hydrogens (primary N) is 3. The highest BCUT2D eigenvalue weighted by Gasteiger charge is 2.43. The minimum absolute atomic E-state index is 0.0260. The zero-order valence-electron chi connectivity index (χ0n) is 66.5. The number of benzene rings is 2. The summed E-state index contributed by atoms with van der Waals surface area (Å²) < 4.78 is 0. The Morgan fingerprint density at radius 3 is 1.57 bits per heavy atom. The lowest BCUT2D eigenvalue weighted by molar-refractivity contribution is -0.145. The van der Waals surface area contributed by atoms with E-state index in [-0.39, 0.29) is 89.3 Å². The van der Waals surface area contributed by atoms with Crippen molar-refractivity contribution in [2.24, 2.45) is 28.1 Å². The zero-order chi connectivity index (χ0) is 87.6. The molecule has 650 valence electrons. The van der Waals surface area contributed by atoms with Crippen LogP contribution < -0.4 is 81.0 Å². The molecule has 40 nitrogen and oxygen atoms in total. The molecule has 3 heterocycles. The normalized spacial score (nSPS) is 17.1. The van der Waals surface area contributed by atoms with E-state index >= 15 is 0 Å². The maximum absolute atomic E-state index is 14.5. The molecule has 0 spiro atoms. The highest BCUT2D eigenvalue weighted by molar-refractivity contribution is 7.98. The summed E-state index contributed by atoms with van der Waals surface area (Å²) in [6, 6.07) is -3.73. The first-order chi connectivity index (χ1) is 55.9. The largest absolute Gasteiger partial charge is 0.481 e. The van der Waals surface area contributed by atoms with Gasteiger partial charge in [-0.3, -0.25) is 86.5 Å². The molecular formula is C75H111N19O21S3. The third kappa shape index (κ3) is 31.3. The fraction of sp³-hybridized carbons (Fsp3) is 0.573. The van der Waals surface area contributed by atoms with Crippen molar-refractivity contribution in [3.8, 4) is 0 Å². The lowest BCUT2D eigenvalue weighted by Gasteiger charge is -2.32. The van der Waals surface area contributed by atoms with E-state index in [1.165, 1.54) is 30.5 Å². The first-order valence-corrected chi connectivity index (χ1v) is 41.2. The first-order valence-electron chi connectivity index (χ1n) is 38.5. The molecule has 2 saturated heterocycles. The number of likely N-dealkylation sites (tertiary alicyclic amines) is 2. The van der Waals surface area contributed by atoms with Gasteiger partial charge in [0.05, 0.1) is 18.7 Å². The number of amides is 14. The van der Waals surface area contributed by atoms with E-state index in [2.05, 4.69) is 99.0 Å². The number of guanidine groups is 1. The number of carboxylic acid groups (broad SMARTS) is 3. The van der Waals surface area contributed by atoms with Crippen molar-refractivity contribution in [2.45, 2.75) is 215 Å². The number of hydrogen-bond acceptors (Lipinski definition) is 23. The molecule has 15 atom stereocenters. The quantitative estimate of drug-likeness (QED) is 0.0110. The van der Waals surface area contributed by atoms with Crippen LogP contribution >= 0.6 is 37.0 Å². The van der Waals surface area contributed by atoms with Crippen LogP contribution in [0.1, 0.15) is 123 Å². The molecule has 118 heavy (non-hydrogen) atoms. The SMILES string of the molecule is CSCC[C@H](NC(=O)[C@H](CCCN=C(N)N)NC(=O)[C@H](CCC(=O)O)NC(=O)[C@@H]1CCCN1C(=O)[C@@H](NC(=O)[C@H](CS)NC(=O)[C@H](C)NC(=O)[C@H](CS)NC(=O)CNC(=O)[C@H](CCC(=O)O)NC(=O)[C@H](CC(C)C)NC(=O)[C@H](Cc1ccccc1)NC(=O)[C@@H]1CCCN1C(=O)[C@@H](N)Cc1c[nH]c2ccccc12)[C@@H](C)O)C(=O)N[C@@H](C)C(=O)O. The summed E-state index contributed by atoms with van der Waals surface area (Å²) in [5, 5.41) is 70.1. The van der Waals surface area contributed by atoms with Gasteiger partial charge in [-0.2, -0.15) is 37.0 Å². The molecule has 43 heteroatoms. The second-order valence-corrected chi connectivity index (χ2v) is 30.8. The summed E-state index contributed by atoms with van der Waals surface area (Å²) >= 11 is 9.68. The highest BCUT2D eigenvalue weighted by Crippen LogP contribution is 2.25. The lowest BCUT2D eigenvalue weighted by atomic mass is 10.00. The molecule has 2 aliphatic rings. The van der Waals surface area contributed by atoms with Crippen LogP contribution in [0.2, 0.25) is 0 Å². The Labute approximate surface area is 696 Å². The van der Waals surface area contributed by atoms with Crippen molar-refractivity contribution >= 4 is 154 Å². The van der Waals surface area contributed by atoms with E-state index in [4.69, 9.17) is 17.2 Å². The number of nitrogens with one attached hydrogen (secondary N) is 13. The standard InChI is InChI=1S/C75H111N19O21S3/c1-38(2)31-51(89-67(107)52(32-42-15-8-7-9-16-42)90-71(111)55-20-13-28-93(55)72(112)45(76)33-43-34-80-46-18-11-10-17-44(43)46)66(106)86-48(22-24-58(97)98)62(102)81-35-57(96)84-53(36-116)68(108)82-39(3)61(101)91-54(37-117)69(109)92-60(41(5)95)73(113)94-29-14-21-56(94)70(110)88-49(23-25-59(99)100)65(105)85-47(19-12-27-79-75(77)78)64(104)87-50(26-30-118-6)63(103)83-40(4)74(114)115/h7-11,15-18,34,38-41,45,47-56,60,80,95,116-117H,12-14,19-33,35-37,76H2,1-6H3,(H,81,102)(H,82,108)(H,83,103)(H,84,96)(H,85,105)(H,86,106)(H,87,104)(H,88,110)(H,89,107)(H,90,111)(H,91,101)(H,92,109)(H,97,98)(H,99,100)(H,114,115)(H4,77,78,79)/t39-,40-,41+,45-,47-,48-,49-,50-,51-,52-,53-,54-,55-,56-,60-/m0/s1. The van der Waals surface area contributed by atoms with Crippen LogP contribution in [0.25, 0.3) is 10.9 Å². The number of carboxylic acids is 3. The van der Waals surface area contributed by atoms with Crippen LogP contribution in [0.3, 0.4) is 0 Å². The minimum Gasteiger partial charge on any atom is -0.481 e. The zero-order valence-corrected chi connectivity index (χ0v) is 69.1. The number of carbonyl (C=O) groups excluding carboxylic acids is 14. The molecule has 1 aromatic heterocycles. The minimum atomic E-state index is -1.81. The van der Waals surface area contributed by atoms with Crippen LogP contribution in [0, 0.1) is 5.92 Å². The summed E-state index contributed by atoms with van der Waals surface area (Å²) in [7, 11) is 0. The van der Waals surface area contributed by atoms with Gasteiger partial charge in [0.1, 0.15) is 78.5 Å². The molecule has 2 fully saturated rings. The number of para-hydroxylation sites is 1. The van der Waals surface area contributed by atoms with E-state index in [0.717, 1.165) is 28.3 Å². The second-order valence-electron chi connectivity index (χ2n) is 29.1. The van der Waals surface area contributed by atoms with Crippen molar-refractivity contribution in [3.63, 3.8) is 0 Å². The van der Waals surface area contributed by atoms with Gasteiger partial charge in [0.2, 0.25) is 82.7 Å². The van der Waals surface area contributed by atoms with Gasteiger partial charge in [-0.1, -0.05) is 62.4 Å². The van der Waals surface area contributed by atoms with Gasteiger partial charge >= 0.3 is 17.9 Å². The predicted octanol–water partition coefficient (Wildman–Crippen LogP) is -4.34. The Balaban J connectivity index is 1.19. The fourth-order valence-electron chi connectivity index (χ4n) is 13.0. The van der Waals surface area contributed by atoms with Crippen LogP contribution in [0.15, 0.2) is 65.8 Å². The second kappa shape index (κ2) is 48.8. The number of rotatable bonds is 49. The molecule has 14 amide bonds. The fourth-order valence-corrected chi connectivity index (χ4v) is 14.0. The van der Waals surface area contributed by atoms with Gasteiger partial charge in [0.25, 0.3) is 0 Å². The van der Waals surface area contributed by atoms with Crippen molar-refractivity contribution in [1.29, 1.82) is 0 Å². The van der Waals surface area contributed by atoms with Gasteiger partial charge in [0.15, 0.2) is 5.96 Å². The average Bonchev–Trinajstić information content (AvgIpc) is 1.67. The Morgan fingerprint density at radius 1 is 0.542 bits per heavy atom. The molecule has 0 unspecified atom stereocenters. The topological polar surface area (TPSA) is 628 Å². The molecule has 0 saturated carbocycles. The number of thiol groups is 2. The van der Waals surface area contributed by atoms with Gasteiger partial charge in [-0.25, -0.2) is 0 Å². The molecule has 0 radical (unpaired) electrons. The molecule has 0 aliphatic carbocycles. The van der Waals surface area contributed by atoms with E-state index in [1.807, 2.05) is 24.3 Å². The number of carbonyl (C=O) groups is 17. The molecule has 2 aliphatic heterocycles. The van der Waals surface area contributed by atoms with Gasteiger partial charge < -0.3 is 116 Å². The van der Waals surface area contributed by atoms with Crippen molar-refractivity contribution in [2.75, 3.05) is 49.7 Å². The summed E-state index contributed by atoms with van der Waals surface area (Å²) in [5.74, 6) is -18.0. The number of aliphatic carboxylic acids is 3. The third-order valence-corrected chi connectivity index (χ3v) is 20.7. The van der Waals surface area contributed by atoms with E-state index in [1.54, 1.807) is 56.6 Å². The van der Waals surface area contributed by atoms with E-state index in [9.17, 15) is 102 Å². The van der Waals surface area contributed by atoms with Gasteiger partial charge in [-0.05, 0) is 127 Å². The van der Waals surface area contributed by atoms with Crippen LogP contribution in [-0.2, 0) is 94.3 Å². The Morgan fingerprint density at radius 2 is 1.02 bits per heavy atom. The number of aromatic amines is 1. The summed E-state index contributed by atoms with van der Waals surface area (Å²) in [6.45, 7) is 6.23.